The van der Waals surface area contributed by atoms with E-state index in [2.05, 4.69) is 5.32 Å². The van der Waals surface area contributed by atoms with Gasteiger partial charge in [0, 0.05) is 12.6 Å². The molecule has 1 N–H and O–H groups in total. The lowest BCUT2D eigenvalue weighted by Gasteiger charge is -2.17. The average Bonchev–Trinajstić information content (AvgIpc) is 3.22. The number of amides is 1. The van der Waals surface area contributed by atoms with Gasteiger partial charge in [0.2, 0.25) is 5.91 Å². The number of nitrogens with one attached hydrogen (secondary N) is 1. The summed E-state index contributed by atoms with van der Waals surface area (Å²) in [6, 6.07) is 7.66. The maximum Gasteiger partial charge on any atom is 0.338 e. The van der Waals surface area contributed by atoms with E-state index >= 15 is 0 Å². The first kappa shape index (κ1) is 14.5. The molecule has 1 aliphatic rings. The quantitative estimate of drug-likeness (QED) is 0.793. The maximum atomic E-state index is 11.7. The molecule has 20 heavy (non-hydrogen) atoms. The summed E-state index contributed by atoms with van der Waals surface area (Å²) in [5, 5.41) is 2.95. The highest BCUT2D eigenvalue weighted by Gasteiger charge is 2.23. The smallest absolute Gasteiger partial charge is 0.338 e. The Balaban J connectivity index is 1.94. The zero-order valence-electron chi connectivity index (χ0n) is 11.9. The molecule has 0 aromatic heterocycles. The molecule has 1 fully saturated rings. The van der Waals surface area contributed by atoms with Gasteiger partial charge in [-0.1, -0.05) is 18.2 Å². The third-order valence-electron chi connectivity index (χ3n) is 3.22. The average molecular weight is 276 g/mol. The molecule has 0 aliphatic heterocycles. The van der Waals surface area contributed by atoms with Crippen LogP contribution in [0.1, 0.15) is 28.8 Å². The molecule has 108 valence electrons. The van der Waals surface area contributed by atoms with Crippen LogP contribution in [-0.2, 0) is 16.1 Å². The highest BCUT2D eigenvalue weighted by Crippen LogP contribution is 2.18. The van der Waals surface area contributed by atoms with Gasteiger partial charge in [0.05, 0.1) is 19.2 Å². The minimum absolute atomic E-state index is 0.0329. The molecule has 0 unspecified atom stereocenters. The summed E-state index contributed by atoms with van der Waals surface area (Å²) in [5.41, 5.74) is 1.41. The van der Waals surface area contributed by atoms with E-state index in [1.54, 1.807) is 12.1 Å². The molecule has 1 aromatic rings. The predicted octanol–water partition coefficient (Wildman–Crippen LogP) is 1.18. The highest BCUT2D eigenvalue weighted by molar-refractivity contribution is 5.91. The molecular formula is C15H20N2O3. The number of benzene rings is 1. The van der Waals surface area contributed by atoms with Crippen molar-refractivity contribution in [3.63, 3.8) is 0 Å². The van der Waals surface area contributed by atoms with Crippen molar-refractivity contribution in [3.05, 3.63) is 35.4 Å². The molecule has 0 spiro atoms. The Kier molecular flexibility index (Phi) is 4.74. The first-order valence-corrected chi connectivity index (χ1v) is 6.74. The third-order valence-corrected chi connectivity index (χ3v) is 3.22. The minimum Gasteiger partial charge on any atom is -0.465 e. The number of ether oxygens (including phenoxy) is 1. The van der Waals surface area contributed by atoms with Crippen molar-refractivity contribution in [2.45, 2.75) is 25.4 Å². The zero-order chi connectivity index (χ0) is 14.5. The van der Waals surface area contributed by atoms with Crippen LogP contribution in [0.5, 0.6) is 0 Å². The van der Waals surface area contributed by atoms with E-state index in [4.69, 9.17) is 4.74 Å². The van der Waals surface area contributed by atoms with Crippen LogP contribution in [0.2, 0.25) is 0 Å². The van der Waals surface area contributed by atoms with Crippen molar-refractivity contribution in [2.24, 2.45) is 0 Å². The van der Waals surface area contributed by atoms with Crippen LogP contribution >= 0.6 is 0 Å². The monoisotopic (exact) mass is 276 g/mol. The molecular weight excluding hydrogens is 256 g/mol. The molecule has 1 aliphatic carbocycles. The van der Waals surface area contributed by atoms with Gasteiger partial charge < -0.3 is 10.1 Å². The third kappa shape index (κ3) is 4.06. The molecule has 0 saturated heterocycles. The van der Waals surface area contributed by atoms with Crippen molar-refractivity contribution in [3.8, 4) is 0 Å². The lowest BCUT2D eigenvalue weighted by Crippen LogP contribution is -2.36. The van der Waals surface area contributed by atoms with E-state index < -0.39 is 0 Å². The van der Waals surface area contributed by atoms with Crippen molar-refractivity contribution >= 4 is 11.9 Å². The van der Waals surface area contributed by atoms with Crippen LogP contribution in [0.15, 0.2) is 24.3 Å². The summed E-state index contributed by atoms with van der Waals surface area (Å²) >= 11 is 0. The number of methoxy groups -OCH3 is 1. The number of nitrogens with zero attached hydrogens (tertiary/aromatic N) is 1. The highest BCUT2D eigenvalue weighted by atomic mass is 16.5. The molecule has 1 amide bonds. The van der Waals surface area contributed by atoms with E-state index in [0.29, 0.717) is 24.7 Å². The molecule has 0 heterocycles. The van der Waals surface area contributed by atoms with Gasteiger partial charge in [0.1, 0.15) is 0 Å². The first-order chi connectivity index (χ1) is 9.60. The Morgan fingerprint density at radius 2 is 2.05 bits per heavy atom. The molecule has 2 rings (SSSR count). The van der Waals surface area contributed by atoms with E-state index in [0.717, 1.165) is 18.4 Å². The molecule has 5 heteroatoms. The van der Waals surface area contributed by atoms with Crippen LogP contribution in [0.3, 0.4) is 0 Å². The molecule has 0 atom stereocenters. The summed E-state index contributed by atoms with van der Waals surface area (Å²) in [7, 11) is 3.23. The summed E-state index contributed by atoms with van der Waals surface area (Å²) in [4.78, 5) is 25.3. The van der Waals surface area contributed by atoms with Crippen LogP contribution in [0, 0.1) is 0 Å². The fraction of sp³-hybridized carbons (Fsp3) is 0.467. The molecule has 0 bridgehead atoms. The van der Waals surface area contributed by atoms with Crippen LogP contribution in [0.4, 0.5) is 0 Å². The van der Waals surface area contributed by atoms with Gasteiger partial charge in [0.15, 0.2) is 0 Å². The molecule has 0 radical (unpaired) electrons. The zero-order valence-corrected chi connectivity index (χ0v) is 11.9. The minimum atomic E-state index is -0.351. The van der Waals surface area contributed by atoms with E-state index in [-0.39, 0.29) is 11.9 Å². The van der Waals surface area contributed by atoms with Gasteiger partial charge in [-0.25, -0.2) is 4.79 Å². The maximum absolute atomic E-state index is 11.7. The van der Waals surface area contributed by atoms with Gasteiger partial charge in [-0.3, -0.25) is 9.69 Å². The summed E-state index contributed by atoms with van der Waals surface area (Å²) in [5.74, 6) is -0.318. The Bertz CT molecular complexity index is 498. The SMILES string of the molecule is COC(=O)c1ccccc1CN(C)CC(=O)NC1CC1. The predicted molar refractivity (Wildman–Crippen MR) is 75.3 cm³/mol. The van der Waals surface area contributed by atoms with Gasteiger partial charge in [0.25, 0.3) is 0 Å². The van der Waals surface area contributed by atoms with E-state index in [1.165, 1.54) is 7.11 Å². The van der Waals surface area contributed by atoms with Crippen molar-refractivity contribution < 1.29 is 14.3 Å². The fourth-order valence-corrected chi connectivity index (χ4v) is 2.06. The number of carbonyl (C=O) groups is 2. The van der Waals surface area contributed by atoms with Gasteiger partial charge in [-0.05, 0) is 31.5 Å². The second-order valence-corrected chi connectivity index (χ2v) is 5.16. The number of rotatable bonds is 6. The van der Waals surface area contributed by atoms with Crippen molar-refractivity contribution in [1.82, 2.24) is 10.2 Å². The lowest BCUT2D eigenvalue weighted by atomic mass is 10.1. The summed E-state index contributed by atoms with van der Waals surface area (Å²) in [6.07, 6.45) is 2.17. The largest absolute Gasteiger partial charge is 0.465 e. The Morgan fingerprint density at radius 3 is 2.70 bits per heavy atom. The van der Waals surface area contributed by atoms with Crippen LogP contribution < -0.4 is 5.32 Å². The number of esters is 1. The number of hydrogen-bond donors (Lipinski definition) is 1. The van der Waals surface area contributed by atoms with Gasteiger partial charge in [-0.2, -0.15) is 0 Å². The van der Waals surface area contributed by atoms with E-state index in [1.807, 2.05) is 24.1 Å². The lowest BCUT2D eigenvalue weighted by molar-refractivity contribution is -0.122. The van der Waals surface area contributed by atoms with Crippen molar-refractivity contribution in [2.75, 3.05) is 20.7 Å². The normalized spacial score (nSPS) is 14.2. The van der Waals surface area contributed by atoms with Gasteiger partial charge in [-0.15, -0.1) is 0 Å². The molecule has 5 nitrogen and oxygen atoms in total. The second kappa shape index (κ2) is 6.52. The fourth-order valence-electron chi connectivity index (χ4n) is 2.06. The number of carbonyl (C=O) groups excluding carboxylic acids is 2. The van der Waals surface area contributed by atoms with Crippen molar-refractivity contribution in [1.29, 1.82) is 0 Å². The van der Waals surface area contributed by atoms with E-state index in [9.17, 15) is 9.59 Å². The van der Waals surface area contributed by atoms with Gasteiger partial charge >= 0.3 is 5.97 Å². The topological polar surface area (TPSA) is 58.6 Å². The summed E-state index contributed by atoms with van der Waals surface area (Å²) in [6.45, 7) is 0.857. The second-order valence-electron chi connectivity index (χ2n) is 5.16. The van der Waals surface area contributed by atoms with Crippen LogP contribution in [-0.4, -0.2) is 43.5 Å². The van der Waals surface area contributed by atoms with Crippen LogP contribution in [0.25, 0.3) is 0 Å². The Hall–Kier alpha value is -1.88. The summed E-state index contributed by atoms with van der Waals surface area (Å²) < 4.78 is 4.76. The number of likely N-dealkylation sites (N-methyl/N-ethyl adjacent to an activating group) is 1. The first-order valence-electron chi connectivity index (χ1n) is 6.74. The molecule has 1 saturated carbocycles. The Labute approximate surface area is 118 Å². The number of hydrogen-bond acceptors (Lipinski definition) is 4. The Morgan fingerprint density at radius 1 is 1.35 bits per heavy atom. The standard InChI is InChI=1S/C15H20N2O3/c1-17(10-14(18)16-12-7-8-12)9-11-5-3-4-6-13(11)15(19)20-2/h3-6,12H,7-10H2,1-2H3,(H,16,18). The molecule has 1 aromatic carbocycles.